The molecule has 0 heterocycles. The first-order valence-corrected chi connectivity index (χ1v) is 8.90. The molecule has 2 rings (SSSR count). The lowest BCUT2D eigenvalue weighted by Crippen LogP contribution is -2.27. The van der Waals surface area contributed by atoms with Gasteiger partial charge in [0, 0.05) is 17.6 Å². The molecule has 0 aliphatic rings. The van der Waals surface area contributed by atoms with Gasteiger partial charge in [-0.05, 0) is 42.9 Å². The lowest BCUT2D eigenvalue weighted by molar-refractivity contribution is 0.222. The van der Waals surface area contributed by atoms with Gasteiger partial charge in [-0.25, -0.2) is 0 Å². The van der Waals surface area contributed by atoms with E-state index in [9.17, 15) is 0 Å². The van der Waals surface area contributed by atoms with E-state index in [1.54, 1.807) is 18.2 Å². The molecule has 2 aromatic rings. The second-order valence-electron chi connectivity index (χ2n) is 5.38. The Hall–Kier alpha value is -1.42. The molecule has 0 fully saturated rings. The van der Waals surface area contributed by atoms with Crippen LogP contribution < -0.4 is 9.47 Å². The Bertz CT molecular complexity index is 628. The van der Waals surface area contributed by atoms with Crippen LogP contribution in [-0.2, 0) is 6.61 Å². The van der Waals surface area contributed by atoms with Crippen molar-refractivity contribution in [2.24, 2.45) is 0 Å². The monoisotopic (exact) mass is 367 g/mol. The third-order valence-corrected chi connectivity index (χ3v) is 4.33. The molecule has 2 aromatic carbocycles. The smallest absolute Gasteiger partial charge is 0.139 e. The van der Waals surface area contributed by atoms with Gasteiger partial charge in [0.2, 0.25) is 0 Å². The molecule has 0 N–H and O–H groups in total. The number of ether oxygens (including phenoxy) is 2. The van der Waals surface area contributed by atoms with Gasteiger partial charge in [0.1, 0.15) is 24.7 Å². The minimum absolute atomic E-state index is 0.430. The van der Waals surface area contributed by atoms with Gasteiger partial charge >= 0.3 is 0 Å². The maximum atomic E-state index is 6.09. The molecule has 0 atom stereocenters. The Kier molecular flexibility index (Phi) is 7.70. The van der Waals surface area contributed by atoms with Gasteiger partial charge in [-0.1, -0.05) is 49.2 Å². The van der Waals surface area contributed by atoms with E-state index in [2.05, 4.69) is 18.7 Å². The van der Waals surface area contributed by atoms with Crippen molar-refractivity contribution in [1.29, 1.82) is 0 Å². The largest absolute Gasteiger partial charge is 0.492 e. The summed E-state index contributed by atoms with van der Waals surface area (Å²) in [5, 5.41) is 1.15. The predicted molar refractivity (Wildman–Crippen MR) is 101 cm³/mol. The normalized spacial score (nSPS) is 10.9. The zero-order chi connectivity index (χ0) is 17.4. The summed E-state index contributed by atoms with van der Waals surface area (Å²) in [6.07, 6.45) is 0. The van der Waals surface area contributed by atoms with Crippen LogP contribution in [-0.4, -0.2) is 31.1 Å². The number of benzene rings is 2. The van der Waals surface area contributed by atoms with Crippen molar-refractivity contribution < 1.29 is 9.47 Å². The molecule has 0 aromatic heterocycles. The maximum Gasteiger partial charge on any atom is 0.139 e. The van der Waals surface area contributed by atoms with Crippen LogP contribution >= 0.6 is 23.2 Å². The van der Waals surface area contributed by atoms with E-state index < -0.39 is 0 Å². The SMILES string of the molecule is CCN(CC)CCOc1ccc(COc2cc(Cl)ccc2Cl)cc1. The third kappa shape index (κ3) is 5.90. The number of halogens is 2. The van der Waals surface area contributed by atoms with Gasteiger partial charge in [-0.2, -0.15) is 0 Å². The summed E-state index contributed by atoms with van der Waals surface area (Å²) in [7, 11) is 0. The summed E-state index contributed by atoms with van der Waals surface area (Å²) in [6.45, 7) is 8.46. The van der Waals surface area contributed by atoms with Crippen LogP contribution in [0.25, 0.3) is 0 Å². The van der Waals surface area contributed by atoms with Crippen LogP contribution in [0.15, 0.2) is 42.5 Å². The van der Waals surface area contributed by atoms with Crippen molar-refractivity contribution >= 4 is 23.2 Å². The van der Waals surface area contributed by atoms with Crippen molar-refractivity contribution in [2.75, 3.05) is 26.2 Å². The quantitative estimate of drug-likeness (QED) is 0.600. The van der Waals surface area contributed by atoms with Gasteiger partial charge < -0.3 is 14.4 Å². The Morgan fingerprint density at radius 3 is 2.29 bits per heavy atom. The van der Waals surface area contributed by atoms with Crippen LogP contribution in [0.4, 0.5) is 0 Å². The molecule has 0 bridgehead atoms. The van der Waals surface area contributed by atoms with Crippen LogP contribution in [0.2, 0.25) is 10.0 Å². The van der Waals surface area contributed by atoms with Crippen molar-refractivity contribution in [3.8, 4) is 11.5 Å². The maximum absolute atomic E-state index is 6.09. The van der Waals surface area contributed by atoms with Crippen LogP contribution in [0.3, 0.4) is 0 Å². The fourth-order valence-electron chi connectivity index (χ4n) is 2.26. The van der Waals surface area contributed by atoms with E-state index in [4.69, 9.17) is 32.7 Å². The lowest BCUT2D eigenvalue weighted by Gasteiger charge is -2.18. The van der Waals surface area contributed by atoms with Crippen LogP contribution in [0.1, 0.15) is 19.4 Å². The highest BCUT2D eigenvalue weighted by Gasteiger charge is 2.04. The molecule has 0 spiro atoms. The second-order valence-corrected chi connectivity index (χ2v) is 6.23. The molecular weight excluding hydrogens is 345 g/mol. The van der Waals surface area contributed by atoms with E-state index in [1.165, 1.54) is 0 Å². The van der Waals surface area contributed by atoms with Gasteiger partial charge in [-0.3, -0.25) is 0 Å². The number of hydrogen-bond donors (Lipinski definition) is 0. The molecule has 130 valence electrons. The van der Waals surface area contributed by atoms with Crippen molar-refractivity contribution in [2.45, 2.75) is 20.5 Å². The average molecular weight is 368 g/mol. The number of rotatable bonds is 9. The Labute approximate surface area is 154 Å². The molecule has 0 saturated carbocycles. The summed E-state index contributed by atoms with van der Waals surface area (Å²) in [4.78, 5) is 2.33. The number of hydrogen-bond acceptors (Lipinski definition) is 3. The molecule has 0 amide bonds. The highest BCUT2D eigenvalue weighted by Crippen LogP contribution is 2.28. The lowest BCUT2D eigenvalue weighted by atomic mass is 10.2. The number of nitrogens with zero attached hydrogens (tertiary/aromatic N) is 1. The first-order valence-electron chi connectivity index (χ1n) is 8.14. The van der Waals surface area contributed by atoms with Gasteiger partial charge in [0.25, 0.3) is 0 Å². The average Bonchev–Trinajstić information content (AvgIpc) is 2.60. The minimum atomic E-state index is 0.430. The predicted octanol–water partition coefficient (Wildman–Crippen LogP) is 5.29. The fraction of sp³-hybridized carbons (Fsp3) is 0.368. The van der Waals surface area contributed by atoms with E-state index in [1.807, 2.05) is 24.3 Å². The van der Waals surface area contributed by atoms with E-state index in [0.717, 1.165) is 30.9 Å². The van der Waals surface area contributed by atoms with Crippen LogP contribution in [0, 0.1) is 0 Å². The molecule has 0 saturated heterocycles. The first-order chi connectivity index (χ1) is 11.6. The standard InChI is InChI=1S/C19H23Cl2NO2/c1-3-22(4-2)11-12-23-17-8-5-15(6-9-17)14-24-19-13-16(20)7-10-18(19)21/h5-10,13H,3-4,11-12,14H2,1-2H3. The Morgan fingerprint density at radius 2 is 1.62 bits per heavy atom. The minimum Gasteiger partial charge on any atom is -0.492 e. The molecule has 5 heteroatoms. The van der Waals surface area contributed by atoms with E-state index >= 15 is 0 Å². The highest BCUT2D eigenvalue weighted by molar-refractivity contribution is 6.34. The molecule has 0 aliphatic carbocycles. The Morgan fingerprint density at radius 1 is 0.917 bits per heavy atom. The van der Waals surface area contributed by atoms with Crippen molar-refractivity contribution in [1.82, 2.24) is 4.90 Å². The van der Waals surface area contributed by atoms with E-state index in [0.29, 0.717) is 29.0 Å². The summed E-state index contributed by atoms with van der Waals surface area (Å²) < 4.78 is 11.5. The summed E-state index contributed by atoms with van der Waals surface area (Å²) >= 11 is 12.0. The molecule has 0 aliphatic heterocycles. The summed E-state index contributed by atoms with van der Waals surface area (Å²) in [5.41, 5.74) is 1.04. The highest BCUT2D eigenvalue weighted by atomic mass is 35.5. The molecule has 24 heavy (non-hydrogen) atoms. The molecule has 0 unspecified atom stereocenters. The van der Waals surface area contributed by atoms with Gasteiger partial charge in [0.05, 0.1) is 5.02 Å². The van der Waals surface area contributed by atoms with Crippen LogP contribution in [0.5, 0.6) is 11.5 Å². The Balaban J connectivity index is 1.82. The molecule has 3 nitrogen and oxygen atoms in total. The molecule has 0 radical (unpaired) electrons. The van der Waals surface area contributed by atoms with Gasteiger partial charge in [0.15, 0.2) is 0 Å². The summed E-state index contributed by atoms with van der Waals surface area (Å²) in [5.74, 6) is 1.45. The topological polar surface area (TPSA) is 21.7 Å². The number of likely N-dealkylation sites (N-methyl/N-ethyl adjacent to an activating group) is 1. The van der Waals surface area contributed by atoms with Crippen molar-refractivity contribution in [3.05, 3.63) is 58.1 Å². The third-order valence-electron chi connectivity index (χ3n) is 3.78. The fourth-order valence-corrected chi connectivity index (χ4v) is 2.60. The van der Waals surface area contributed by atoms with E-state index in [-0.39, 0.29) is 0 Å². The van der Waals surface area contributed by atoms with Crippen molar-refractivity contribution in [3.63, 3.8) is 0 Å². The first kappa shape index (κ1) is 18.9. The second kappa shape index (κ2) is 9.77. The summed E-state index contributed by atoms with van der Waals surface area (Å²) in [6, 6.07) is 13.1. The molecular formula is C19H23Cl2NO2. The zero-order valence-electron chi connectivity index (χ0n) is 14.1. The zero-order valence-corrected chi connectivity index (χ0v) is 15.6. The van der Waals surface area contributed by atoms with Gasteiger partial charge in [-0.15, -0.1) is 0 Å².